The van der Waals surface area contributed by atoms with Crippen molar-refractivity contribution in [2.75, 3.05) is 6.61 Å². The first-order valence-electron chi connectivity index (χ1n) is 5.92. The van der Waals surface area contributed by atoms with E-state index in [0.29, 0.717) is 5.76 Å². The number of nitrogens with one attached hydrogen (secondary N) is 1. The van der Waals surface area contributed by atoms with E-state index in [4.69, 9.17) is 20.8 Å². The SMILES string of the molecule is O=C(COc1ccc(Cl)cc1[N+](=O)[O-])NCc1ccco1. The first kappa shape index (κ1) is 14.9. The highest BCUT2D eigenvalue weighted by Crippen LogP contribution is 2.29. The molecule has 110 valence electrons. The zero-order valence-electron chi connectivity index (χ0n) is 10.7. The summed E-state index contributed by atoms with van der Waals surface area (Å²) in [5.74, 6) is 0.161. The van der Waals surface area contributed by atoms with Crippen molar-refractivity contribution in [1.82, 2.24) is 5.32 Å². The van der Waals surface area contributed by atoms with Gasteiger partial charge < -0.3 is 14.5 Å². The maximum atomic E-state index is 11.6. The van der Waals surface area contributed by atoms with Gasteiger partial charge in [-0.05, 0) is 24.3 Å². The number of benzene rings is 1. The summed E-state index contributed by atoms with van der Waals surface area (Å²) >= 11 is 5.68. The standard InChI is InChI=1S/C13H11ClN2O5/c14-9-3-4-12(11(6-9)16(18)19)21-8-13(17)15-7-10-2-1-5-20-10/h1-6H,7-8H2,(H,15,17). The van der Waals surface area contributed by atoms with Crippen molar-refractivity contribution in [1.29, 1.82) is 0 Å². The molecule has 1 aromatic carbocycles. The van der Waals surface area contributed by atoms with E-state index in [2.05, 4.69) is 5.32 Å². The lowest BCUT2D eigenvalue weighted by molar-refractivity contribution is -0.385. The Kier molecular flexibility index (Phi) is 4.78. The number of ether oxygens (including phenoxy) is 1. The average Bonchev–Trinajstić information content (AvgIpc) is 2.97. The quantitative estimate of drug-likeness (QED) is 0.653. The van der Waals surface area contributed by atoms with Crippen molar-refractivity contribution in [3.05, 3.63) is 57.5 Å². The number of hydrogen-bond donors (Lipinski definition) is 1. The largest absolute Gasteiger partial charge is 0.477 e. The summed E-state index contributed by atoms with van der Waals surface area (Å²) in [4.78, 5) is 21.8. The summed E-state index contributed by atoms with van der Waals surface area (Å²) in [5.41, 5.74) is -0.290. The smallest absolute Gasteiger partial charge is 0.312 e. The van der Waals surface area contributed by atoms with Crippen molar-refractivity contribution in [3.8, 4) is 5.75 Å². The van der Waals surface area contributed by atoms with Crippen molar-refractivity contribution in [2.45, 2.75) is 6.54 Å². The van der Waals surface area contributed by atoms with Crippen LogP contribution in [-0.4, -0.2) is 17.4 Å². The molecule has 0 fully saturated rings. The van der Waals surface area contributed by atoms with Crippen LogP contribution in [0.3, 0.4) is 0 Å². The van der Waals surface area contributed by atoms with Gasteiger partial charge in [0.25, 0.3) is 5.91 Å². The van der Waals surface area contributed by atoms with Gasteiger partial charge in [0.15, 0.2) is 12.4 Å². The van der Waals surface area contributed by atoms with Gasteiger partial charge in [-0.2, -0.15) is 0 Å². The summed E-state index contributed by atoms with van der Waals surface area (Å²) in [7, 11) is 0. The van der Waals surface area contributed by atoms with Crippen molar-refractivity contribution in [3.63, 3.8) is 0 Å². The Hall–Kier alpha value is -2.54. The van der Waals surface area contributed by atoms with Crippen LogP contribution in [0.2, 0.25) is 5.02 Å². The third kappa shape index (κ3) is 4.22. The number of furan rings is 1. The van der Waals surface area contributed by atoms with Crippen LogP contribution in [0.5, 0.6) is 5.75 Å². The van der Waals surface area contributed by atoms with Gasteiger partial charge in [0.1, 0.15) is 5.76 Å². The molecule has 0 radical (unpaired) electrons. The van der Waals surface area contributed by atoms with E-state index in [0.717, 1.165) is 6.07 Å². The van der Waals surface area contributed by atoms with Crippen LogP contribution >= 0.6 is 11.6 Å². The summed E-state index contributed by atoms with van der Waals surface area (Å²) in [5, 5.41) is 13.6. The number of nitrogens with zero attached hydrogens (tertiary/aromatic N) is 1. The first-order chi connectivity index (χ1) is 10.1. The van der Waals surface area contributed by atoms with Crippen molar-refractivity contribution < 1.29 is 18.9 Å². The molecule has 0 aliphatic rings. The molecule has 2 aromatic rings. The number of hydrogen-bond acceptors (Lipinski definition) is 5. The van der Waals surface area contributed by atoms with Gasteiger partial charge in [0.2, 0.25) is 0 Å². The molecule has 7 nitrogen and oxygen atoms in total. The van der Waals surface area contributed by atoms with Gasteiger partial charge in [-0.15, -0.1) is 0 Å². The third-order valence-electron chi connectivity index (χ3n) is 2.52. The normalized spacial score (nSPS) is 10.1. The number of amides is 1. The number of nitro groups is 1. The Balaban J connectivity index is 1.90. The average molecular weight is 311 g/mol. The predicted molar refractivity (Wildman–Crippen MR) is 74.2 cm³/mol. The molecule has 1 aromatic heterocycles. The Labute approximate surface area is 124 Å². The highest BCUT2D eigenvalue weighted by Gasteiger charge is 2.16. The van der Waals surface area contributed by atoms with Crippen LogP contribution in [0.1, 0.15) is 5.76 Å². The number of halogens is 1. The molecule has 1 heterocycles. The second-order valence-electron chi connectivity index (χ2n) is 4.01. The summed E-state index contributed by atoms with van der Waals surface area (Å²) < 4.78 is 10.2. The van der Waals surface area contributed by atoms with Gasteiger partial charge in [-0.1, -0.05) is 11.6 Å². The second-order valence-corrected chi connectivity index (χ2v) is 4.45. The minimum atomic E-state index is -0.623. The molecule has 1 amide bonds. The Morgan fingerprint density at radius 2 is 2.24 bits per heavy atom. The minimum Gasteiger partial charge on any atom is -0.477 e. The lowest BCUT2D eigenvalue weighted by Gasteiger charge is -2.07. The molecule has 0 unspecified atom stereocenters. The molecule has 8 heteroatoms. The van der Waals surface area contributed by atoms with Crippen LogP contribution in [0, 0.1) is 10.1 Å². The molecular formula is C13H11ClN2O5. The van der Waals surface area contributed by atoms with E-state index >= 15 is 0 Å². The van der Waals surface area contributed by atoms with Gasteiger partial charge in [0.05, 0.1) is 17.7 Å². The zero-order chi connectivity index (χ0) is 15.2. The Morgan fingerprint density at radius 3 is 2.90 bits per heavy atom. The second kappa shape index (κ2) is 6.76. The number of rotatable bonds is 6. The topological polar surface area (TPSA) is 94.6 Å². The number of nitro benzene ring substituents is 1. The molecule has 0 bridgehead atoms. The molecule has 1 N–H and O–H groups in total. The highest BCUT2D eigenvalue weighted by molar-refractivity contribution is 6.30. The first-order valence-corrected chi connectivity index (χ1v) is 6.30. The molecule has 0 aliphatic carbocycles. The molecule has 0 atom stereocenters. The predicted octanol–water partition coefficient (Wildman–Crippen LogP) is 2.54. The Bertz CT molecular complexity index is 642. The van der Waals surface area contributed by atoms with E-state index in [1.54, 1.807) is 12.1 Å². The van der Waals surface area contributed by atoms with E-state index in [9.17, 15) is 14.9 Å². The number of carbonyl (C=O) groups is 1. The van der Waals surface area contributed by atoms with E-state index in [1.807, 2.05) is 0 Å². The fourth-order valence-corrected chi connectivity index (χ4v) is 1.71. The molecule has 0 aliphatic heterocycles. The third-order valence-corrected chi connectivity index (χ3v) is 2.75. The van der Waals surface area contributed by atoms with E-state index in [1.165, 1.54) is 18.4 Å². The van der Waals surface area contributed by atoms with E-state index in [-0.39, 0.29) is 29.6 Å². The van der Waals surface area contributed by atoms with Gasteiger partial charge in [-0.25, -0.2) is 0 Å². The fourth-order valence-electron chi connectivity index (χ4n) is 1.55. The van der Waals surface area contributed by atoms with Gasteiger partial charge in [-0.3, -0.25) is 14.9 Å². The fraction of sp³-hybridized carbons (Fsp3) is 0.154. The zero-order valence-corrected chi connectivity index (χ0v) is 11.5. The molecule has 0 saturated carbocycles. The van der Waals surface area contributed by atoms with Crippen LogP contribution in [0.25, 0.3) is 0 Å². The number of carbonyl (C=O) groups excluding carboxylic acids is 1. The lowest BCUT2D eigenvalue weighted by atomic mass is 10.3. The minimum absolute atomic E-state index is 0.0162. The van der Waals surface area contributed by atoms with Crippen LogP contribution in [0.4, 0.5) is 5.69 Å². The Morgan fingerprint density at radius 1 is 1.43 bits per heavy atom. The summed E-state index contributed by atoms with van der Waals surface area (Å²) in [6.07, 6.45) is 1.50. The maximum absolute atomic E-state index is 11.6. The van der Waals surface area contributed by atoms with Crippen LogP contribution < -0.4 is 10.1 Å². The molecule has 21 heavy (non-hydrogen) atoms. The van der Waals surface area contributed by atoms with Crippen molar-refractivity contribution in [2.24, 2.45) is 0 Å². The maximum Gasteiger partial charge on any atom is 0.312 e. The van der Waals surface area contributed by atoms with Gasteiger partial charge in [0, 0.05) is 11.1 Å². The molecule has 2 rings (SSSR count). The monoisotopic (exact) mass is 310 g/mol. The van der Waals surface area contributed by atoms with Crippen LogP contribution in [0.15, 0.2) is 41.0 Å². The van der Waals surface area contributed by atoms with Gasteiger partial charge >= 0.3 is 5.69 Å². The lowest BCUT2D eigenvalue weighted by Crippen LogP contribution is -2.28. The summed E-state index contributed by atoms with van der Waals surface area (Å²) in [6, 6.07) is 7.38. The van der Waals surface area contributed by atoms with E-state index < -0.39 is 10.8 Å². The summed E-state index contributed by atoms with van der Waals surface area (Å²) in [6.45, 7) is -0.124. The highest BCUT2D eigenvalue weighted by atomic mass is 35.5. The molecule has 0 spiro atoms. The van der Waals surface area contributed by atoms with Crippen molar-refractivity contribution >= 4 is 23.2 Å². The molecule has 0 saturated heterocycles. The van der Waals surface area contributed by atoms with Crippen LogP contribution in [-0.2, 0) is 11.3 Å². The molecular weight excluding hydrogens is 300 g/mol.